The molecule has 26 heavy (non-hydrogen) atoms. The van der Waals surface area contributed by atoms with Crippen molar-refractivity contribution in [3.05, 3.63) is 58.5 Å². The van der Waals surface area contributed by atoms with E-state index in [0.29, 0.717) is 48.6 Å². The highest BCUT2D eigenvalue weighted by Crippen LogP contribution is 2.17. The normalized spacial score (nSPS) is 14.8. The van der Waals surface area contributed by atoms with Crippen LogP contribution in [0.1, 0.15) is 20.9 Å². The molecule has 1 aliphatic rings. The lowest BCUT2D eigenvalue weighted by atomic mass is 10.1. The van der Waals surface area contributed by atoms with E-state index < -0.39 is 5.76 Å². The predicted octanol–water partition coefficient (Wildman–Crippen LogP) is 1.32. The third-order valence-corrected chi connectivity index (χ3v) is 4.62. The minimum absolute atomic E-state index is 0.134. The first-order valence-corrected chi connectivity index (χ1v) is 8.26. The second kappa shape index (κ2) is 6.21. The number of aromatic nitrogens is 1. The Kier molecular flexibility index (Phi) is 3.87. The first-order chi connectivity index (χ1) is 12.5. The molecular weight excluding hydrogens is 338 g/mol. The van der Waals surface area contributed by atoms with Gasteiger partial charge >= 0.3 is 5.76 Å². The smallest absolute Gasteiger partial charge is 0.419 e. The third-order valence-electron chi connectivity index (χ3n) is 4.62. The molecule has 0 saturated carbocycles. The zero-order valence-corrected chi connectivity index (χ0v) is 14.2. The molecule has 0 bridgehead atoms. The van der Waals surface area contributed by atoms with E-state index in [1.807, 2.05) is 0 Å². The van der Waals surface area contributed by atoms with Crippen LogP contribution in [-0.2, 0) is 7.05 Å². The van der Waals surface area contributed by atoms with Crippen LogP contribution in [0, 0.1) is 0 Å². The maximum atomic E-state index is 12.8. The molecule has 0 aliphatic carbocycles. The Hall–Kier alpha value is -3.29. The summed E-state index contributed by atoms with van der Waals surface area (Å²) in [6, 6.07) is 8.23. The molecule has 3 heterocycles. The molecule has 0 radical (unpaired) electrons. The van der Waals surface area contributed by atoms with Crippen LogP contribution in [0.25, 0.3) is 11.1 Å². The number of aryl methyl sites for hydroxylation is 1. The Labute approximate surface area is 148 Å². The Morgan fingerprint density at radius 3 is 2.35 bits per heavy atom. The first kappa shape index (κ1) is 16.2. The fourth-order valence-electron chi connectivity index (χ4n) is 3.11. The molecule has 4 rings (SSSR count). The fraction of sp³-hybridized carbons (Fsp3) is 0.278. The van der Waals surface area contributed by atoms with Crippen molar-refractivity contribution in [1.82, 2.24) is 14.4 Å². The van der Waals surface area contributed by atoms with Crippen molar-refractivity contribution in [1.29, 1.82) is 0 Å². The lowest BCUT2D eigenvalue weighted by Gasteiger charge is -2.34. The van der Waals surface area contributed by atoms with E-state index in [1.165, 1.54) is 10.8 Å². The molecule has 0 atom stereocenters. The van der Waals surface area contributed by atoms with E-state index in [4.69, 9.17) is 8.83 Å². The molecule has 1 saturated heterocycles. The summed E-state index contributed by atoms with van der Waals surface area (Å²) in [5.41, 5.74) is 1.51. The number of amides is 2. The van der Waals surface area contributed by atoms with Crippen molar-refractivity contribution >= 4 is 22.9 Å². The minimum atomic E-state index is -0.463. The zero-order valence-electron chi connectivity index (χ0n) is 14.2. The van der Waals surface area contributed by atoms with Crippen molar-refractivity contribution in [3.63, 3.8) is 0 Å². The summed E-state index contributed by atoms with van der Waals surface area (Å²) in [6.45, 7) is 1.76. The molecule has 0 unspecified atom stereocenters. The number of nitrogens with zero attached hydrogens (tertiary/aromatic N) is 3. The molecule has 2 aromatic heterocycles. The number of carbonyl (C=O) groups excluding carboxylic acids is 2. The SMILES string of the molecule is Cn1c(=O)oc2ccc(C(=O)N3CCN(C(=O)c4ccco4)CC3)cc21. The highest BCUT2D eigenvalue weighted by molar-refractivity contribution is 5.97. The molecule has 8 heteroatoms. The van der Waals surface area contributed by atoms with Crippen molar-refractivity contribution in [3.8, 4) is 0 Å². The van der Waals surface area contributed by atoms with Gasteiger partial charge < -0.3 is 18.6 Å². The van der Waals surface area contributed by atoms with Crippen LogP contribution in [0.4, 0.5) is 0 Å². The van der Waals surface area contributed by atoms with Gasteiger partial charge in [-0.25, -0.2) is 4.79 Å². The van der Waals surface area contributed by atoms with Gasteiger partial charge in [0.05, 0.1) is 11.8 Å². The maximum Gasteiger partial charge on any atom is 0.419 e. The summed E-state index contributed by atoms with van der Waals surface area (Å²) in [4.78, 5) is 40.0. The van der Waals surface area contributed by atoms with E-state index >= 15 is 0 Å². The summed E-state index contributed by atoms with van der Waals surface area (Å²) in [6.07, 6.45) is 1.46. The highest BCUT2D eigenvalue weighted by atomic mass is 16.4. The van der Waals surface area contributed by atoms with Gasteiger partial charge in [-0.15, -0.1) is 0 Å². The third kappa shape index (κ3) is 2.69. The van der Waals surface area contributed by atoms with E-state index in [1.54, 1.807) is 47.2 Å². The predicted molar refractivity (Wildman–Crippen MR) is 92.0 cm³/mol. The van der Waals surface area contributed by atoms with E-state index in [-0.39, 0.29) is 11.8 Å². The van der Waals surface area contributed by atoms with Crippen LogP contribution < -0.4 is 5.76 Å². The Morgan fingerprint density at radius 2 is 1.69 bits per heavy atom. The summed E-state index contributed by atoms with van der Waals surface area (Å²) < 4.78 is 11.6. The molecule has 2 amide bonds. The van der Waals surface area contributed by atoms with Crippen LogP contribution in [0.5, 0.6) is 0 Å². The standard InChI is InChI=1S/C18H17N3O5/c1-19-13-11-12(4-5-14(13)26-18(19)24)16(22)20-6-8-21(9-7-20)17(23)15-3-2-10-25-15/h2-5,10-11H,6-9H2,1H3. The molecule has 1 aromatic carbocycles. The van der Waals surface area contributed by atoms with Crippen LogP contribution >= 0.6 is 0 Å². The maximum absolute atomic E-state index is 12.8. The monoisotopic (exact) mass is 355 g/mol. The van der Waals surface area contributed by atoms with Gasteiger partial charge in [0.15, 0.2) is 11.3 Å². The van der Waals surface area contributed by atoms with E-state index in [0.717, 1.165) is 0 Å². The molecule has 1 fully saturated rings. The number of furan rings is 1. The van der Waals surface area contributed by atoms with Gasteiger partial charge in [0.25, 0.3) is 11.8 Å². The Morgan fingerprint density at radius 1 is 1.00 bits per heavy atom. The van der Waals surface area contributed by atoms with Gasteiger partial charge in [0, 0.05) is 38.8 Å². The van der Waals surface area contributed by atoms with Gasteiger partial charge in [0.1, 0.15) is 0 Å². The van der Waals surface area contributed by atoms with Crippen LogP contribution in [0.2, 0.25) is 0 Å². The Balaban J connectivity index is 1.47. The van der Waals surface area contributed by atoms with Gasteiger partial charge in [-0.2, -0.15) is 0 Å². The van der Waals surface area contributed by atoms with E-state index in [9.17, 15) is 14.4 Å². The fourth-order valence-corrected chi connectivity index (χ4v) is 3.11. The molecule has 3 aromatic rings. The number of hydrogen-bond donors (Lipinski definition) is 0. The minimum Gasteiger partial charge on any atom is -0.459 e. The van der Waals surface area contributed by atoms with Gasteiger partial charge in [-0.1, -0.05) is 0 Å². The number of carbonyl (C=O) groups is 2. The molecule has 0 N–H and O–H groups in total. The number of fused-ring (bicyclic) bond motifs is 1. The van der Waals surface area contributed by atoms with Crippen LogP contribution in [-0.4, -0.2) is 52.4 Å². The number of hydrogen-bond acceptors (Lipinski definition) is 5. The van der Waals surface area contributed by atoms with E-state index in [2.05, 4.69) is 0 Å². The number of piperazine rings is 1. The summed E-state index contributed by atoms with van der Waals surface area (Å²) in [5.74, 6) is -0.465. The first-order valence-electron chi connectivity index (χ1n) is 8.26. The topological polar surface area (TPSA) is 88.9 Å². The number of benzene rings is 1. The molecule has 0 spiro atoms. The van der Waals surface area contributed by atoms with Gasteiger partial charge in [0.2, 0.25) is 0 Å². The summed E-state index contributed by atoms with van der Waals surface area (Å²) >= 11 is 0. The second-order valence-corrected chi connectivity index (χ2v) is 6.17. The van der Waals surface area contributed by atoms with Gasteiger partial charge in [-0.05, 0) is 30.3 Å². The Bertz CT molecular complexity index is 1020. The lowest BCUT2D eigenvalue weighted by molar-refractivity contribution is 0.0518. The highest BCUT2D eigenvalue weighted by Gasteiger charge is 2.27. The van der Waals surface area contributed by atoms with Crippen molar-refractivity contribution < 1.29 is 18.4 Å². The molecule has 8 nitrogen and oxygen atoms in total. The van der Waals surface area contributed by atoms with Crippen LogP contribution in [0.15, 0.2) is 50.2 Å². The summed E-state index contributed by atoms with van der Waals surface area (Å²) in [5, 5.41) is 0. The molecular formula is C18H17N3O5. The quantitative estimate of drug-likeness (QED) is 0.692. The largest absolute Gasteiger partial charge is 0.459 e. The average molecular weight is 355 g/mol. The average Bonchev–Trinajstić information content (AvgIpc) is 3.30. The van der Waals surface area contributed by atoms with Crippen molar-refractivity contribution in [2.24, 2.45) is 7.05 Å². The summed E-state index contributed by atoms with van der Waals surface area (Å²) in [7, 11) is 1.60. The number of oxazole rings is 1. The molecule has 134 valence electrons. The van der Waals surface area contributed by atoms with Gasteiger partial charge in [-0.3, -0.25) is 14.2 Å². The van der Waals surface area contributed by atoms with Crippen molar-refractivity contribution in [2.45, 2.75) is 0 Å². The lowest BCUT2D eigenvalue weighted by Crippen LogP contribution is -2.50. The van der Waals surface area contributed by atoms with Crippen LogP contribution in [0.3, 0.4) is 0 Å². The van der Waals surface area contributed by atoms with Crippen molar-refractivity contribution in [2.75, 3.05) is 26.2 Å². The second-order valence-electron chi connectivity index (χ2n) is 6.17. The number of rotatable bonds is 2. The zero-order chi connectivity index (χ0) is 18.3. The molecule has 1 aliphatic heterocycles.